The maximum Gasteiger partial charge on any atom is 0.307 e. The molecule has 3 aromatic rings. The van der Waals surface area contributed by atoms with Crippen LogP contribution in [0.3, 0.4) is 0 Å². The number of benzene rings is 2. The summed E-state index contributed by atoms with van der Waals surface area (Å²) in [7, 11) is 3.11. The summed E-state index contributed by atoms with van der Waals surface area (Å²) in [6.07, 6.45) is 1.50. The minimum Gasteiger partial charge on any atom is -0.494 e. The molecule has 0 aliphatic heterocycles. The van der Waals surface area contributed by atoms with Crippen molar-refractivity contribution < 1.29 is 23.4 Å². The normalized spacial score (nSPS) is 11.0. The Kier molecular flexibility index (Phi) is 6.20. The third kappa shape index (κ3) is 4.28. The lowest BCUT2D eigenvalue weighted by Crippen LogP contribution is -2.16. The summed E-state index contributed by atoms with van der Waals surface area (Å²) in [5.74, 6) is 1.57. The molecule has 0 fully saturated rings. The maximum absolute atomic E-state index is 12.3. The second kappa shape index (κ2) is 8.79. The second-order valence-corrected chi connectivity index (χ2v) is 6.53. The molecule has 0 aliphatic carbocycles. The van der Waals surface area contributed by atoms with E-state index in [0.717, 1.165) is 15.6 Å². The lowest BCUT2D eigenvalue weighted by molar-refractivity contribution is 0.0929. The minimum absolute atomic E-state index is 0.159. The van der Waals surface area contributed by atoms with E-state index in [2.05, 4.69) is 26.5 Å². The molecular formula is C20H19BrN2O5. The van der Waals surface area contributed by atoms with E-state index in [0.29, 0.717) is 29.3 Å². The number of hydrogen-bond donors (Lipinski definition) is 1. The van der Waals surface area contributed by atoms with E-state index >= 15 is 0 Å². The van der Waals surface area contributed by atoms with E-state index in [9.17, 15) is 4.79 Å². The number of carbonyl (C=O) groups excluding carboxylic acids is 1. The van der Waals surface area contributed by atoms with E-state index in [1.54, 1.807) is 44.6 Å². The van der Waals surface area contributed by atoms with Crippen LogP contribution in [0.4, 0.5) is 0 Å². The van der Waals surface area contributed by atoms with Crippen LogP contribution >= 0.6 is 15.9 Å². The lowest BCUT2D eigenvalue weighted by Gasteiger charge is -2.09. The van der Waals surface area contributed by atoms with Crippen molar-refractivity contribution in [2.24, 2.45) is 5.10 Å². The van der Waals surface area contributed by atoms with Gasteiger partial charge in [0.05, 0.1) is 27.0 Å². The number of ether oxygens (including phenoxy) is 3. The molecule has 0 radical (unpaired) electrons. The van der Waals surface area contributed by atoms with Crippen molar-refractivity contribution in [1.29, 1.82) is 0 Å². The van der Waals surface area contributed by atoms with Crippen molar-refractivity contribution >= 4 is 39.0 Å². The van der Waals surface area contributed by atoms with Gasteiger partial charge in [0.1, 0.15) is 11.3 Å². The molecule has 1 N–H and O–H groups in total. The van der Waals surface area contributed by atoms with Gasteiger partial charge in [-0.1, -0.05) is 0 Å². The van der Waals surface area contributed by atoms with E-state index in [1.165, 1.54) is 6.21 Å². The molecule has 2 aromatic carbocycles. The van der Waals surface area contributed by atoms with Gasteiger partial charge in [-0.15, -0.1) is 0 Å². The number of hydrogen-bond acceptors (Lipinski definition) is 6. The number of amides is 1. The van der Waals surface area contributed by atoms with E-state index in [4.69, 9.17) is 18.6 Å². The summed E-state index contributed by atoms with van der Waals surface area (Å²) < 4.78 is 22.3. The van der Waals surface area contributed by atoms with Crippen LogP contribution in [0, 0.1) is 0 Å². The monoisotopic (exact) mass is 446 g/mol. The highest BCUT2D eigenvalue weighted by molar-refractivity contribution is 9.10. The standard InChI is InChI=1S/C20H19BrN2O5/c1-4-27-14-5-6-16-12(7-14)8-19(28-16)20(24)23-22-11-13-9-17(25-2)18(26-3)10-15(13)21/h5-11H,4H2,1-3H3,(H,23,24)/b22-11+. The van der Waals surface area contributed by atoms with Gasteiger partial charge >= 0.3 is 5.91 Å². The van der Waals surface area contributed by atoms with Crippen molar-refractivity contribution in [1.82, 2.24) is 5.43 Å². The first-order valence-corrected chi connectivity index (χ1v) is 9.26. The molecule has 0 aliphatic rings. The molecule has 0 spiro atoms. The van der Waals surface area contributed by atoms with Crippen LogP contribution in [0.25, 0.3) is 11.0 Å². The van der Waals surface area contributed by atoms with Gasteiger partial charge in [0.25, 0.3) is 0 Å². The molecule has 8 heteroatoms. The van der Waals surface area contributed by atoms with E-state index in [-0.39, 0.29) is 5.76 Å². The SMILES string of the molecule is CCOc1ccc2oc(C(=O)N/N=C/c3cc(OC)c(OC)cc3Br)cc2c1. The number of rotatable bonds is 7. The number of methoxy groups -OCH3 is 2. The predicted molar refractivity (Wildman–Crippen MR) is 110 cm³/mol. The van der Waals surface area contributed by atoms with Crippen LogP contribution in [0.15, 0.2) is 50.4 Å². The number of hydrazone groups is 1. The maximum atomic E-state index is 12.3. The first-order chi connectivity index (χ1) is 13.5. The molecule has 1 amide bonds. The zero-order valence-electron chi connectivity index (χ0n) is 15.6. The minimum atomic E-state index is -0.456. The molecule has 0 atom stereocenters. The third-order valence-electron chi connectivity index (χ3n) is 3.90. The van der Waals surface area contributed by atoms with Crippen LogP contribution in [0.2, 0.25) is 0 Å². The van der Waals surface area contributed by atoms with Crippen LogP contribution in [0.5, 0.6) is 17.2 Å². The van der Waals surface area contributed by atoms with Crippen molar-refractivity contribution in [2.75, 3.05) is 20.8 Å². The molecule has 146 valence electrons. The highest BCUT2D eigenvalue weighted by Crippen LogP contribution is 2.32. The van der Waals surface area contributed by atoms with Gasteiger partial charge in [0.15, 0.2) is 17.3 Å². The molecule has 1 aromatic heterocycles. The number of nitrogens with one attached hydrogen (secondary N) is 1. The molecule has 7 nitrogen and oxygen atoms in total. The van der Waals surface area contributed by atoms with Crippen LogP contribution in [-0.2, 0) is 0 Å². The van der Waals surface area contributed by atoms with Crippen molar-refractivity contribution in [3.63, 3.8) is 0 Å². The Bertz CT molecular complexity index is 1030. The molecular weight excluding hydrogens is 428 g/mol. The Morgan fingerprint density at radius 2 is 1.93 bits per heavy atom. The fourth-order valence-electron chi connectivity index (χ4n) is 2.57. The average molecular weight is 447 g/mol. The zero-order chi connectivity index (χ0) is 20.1. The molecule has 0 saturated carbocycles. The summed E-state index contributed by atoms with van der Waals surface area (Å²) in [6, 6.07) is 10.5. The van der Waals surface area contributed by atoms with Crippen LogP contribution in [0.1, 0.15) is 23.0 Å². The van der Waals surface area contributed by atoms with Gasteiger partial charge in [0, 0.05) is 15.4 Å². The first kappa shape index (κ1) is 19.8. The molecule has 0 saturated heterocycles. The molecule has 3 rings (SSSR count). The largest absolute Gasteiger partial charge is 0.494 e. The van der Waals surface area contributed by atoms with Gasteiger partial charge in [-0.25, -0.2) is 5.43 Å². The Balaban J connectivity index is 1.74. The summed E-state index contributed by atoms with van der Waals surface area (Å²) in [6.45, 7) is 2.48. The van der Waals surface area contributed by atoms with Crippen LogP contribution in [-0.4, -0.2) is 32.9 Å². The van der Waals surface area contributed by atoms with E-state index < -0.39 is 5.91 Å². The average Bonchev–Trinajstić information content (AvgIpc) is 3.12. The second-order valence-electron chi connectivity index (χ2n) is 5.67. The number of furan rings is 1. The first-order valence-electron chi connectivity index (χ1n) is 8.47. The topological polar surface area (TPSA) is 82.3 Å². The number of carbonyl (C=O) groups is 1. The molecule has 28 heavy (non-hydrogen) atoms. The summed E-state index contributed by atoms with van der Waals surface area (Å²) >= 11 is 3.44. The third-order valence-corrected chi connectivity index (χ3v) is 4.58. The number of fused-ring (bicyclic) bond motifs is 1. The van der Waals surface area contributed by atoms with Gasteiger partial charge in [0.2, 0.25) is 0 Å². The Morgan fingerprint density at radius 3 is 2.64 bits per heavy atom. The number of nitrogens with zero attached hydrogens (tertiary/aromatic N) is 1. The Morgan fingerprint density at radius 1 is 1.18 bits per heavy atom. The van der Waals surface area contributed by atoms with Gasteiger partial charge in [-0.05, 0) is 59.3 Å². The van der Waals surface area contributed by atoms with Crippen molar-refractivity contribution in [2.45, 2.75) is 6.92 Å². The molecule has 0 bridgehead atoms. The van der Waals surface area contributed by atoms with Gasteiger partial charge in [-0.3, -0.25) is 4.79 Å². The fourth-order valence-corrected chi connectivity index (χ4v) is 3.00. The Hall–Kier alpha value is -3.00. The highest BCUT2D eigenvalue weighted by atomic mass is 79.9. The smallest absolute Gasteiger partial charge is 0.307 e. The van der Waals surface area contributed by atoms with Crippen molar-refractivity contribution in [3.8, 4) is 17.2 Å². The lowest BCUT2D eigenvalue weighted by atomic mass is 10.2. The zero-order valence-corrected chi connectivity index (χ0v) is 17.2. The highest BCUT2D eigenvalue weighted by Gasteiger charge is 2.13. The quantitative estimate of drug-likeness (QED) is 0.430. The summed E-state index contributed by atoms with van der Waals surface area (Å²) in [4.78, 5) is 12.3. The number of halogens is 1. The van der Waals surface area contributed by atoms with E-state index in [1.807, 2.05) is 13.0 Å². The summed E-state index contributed by atoms with van der Waals surface area (Å²) in [5.41, 5.74) is 3.76. The van der Waals surface area contributed by atoms with Crippen LogP contribution < -0.4 is 19.6 Å². The predicted octanol–water partition coefficient (Wildman–Crippen LogP) is 4.38. The summed E-state index contributed by atoms with van der Waals surface area (Å²) in [5, 5.41) is 4.77. The molecule has 0 unspecified atom stereocenters. The van der Waals surface area contributed by atoms with Gasteiger partial charge < -0.3 is 18.6 Å². The molecule has 1 heterocycles. The fraction of sp³-hybridized carbons (Fsp3) is 0.200. The Labute approximate surface area is 170 Å². The van der Waals surface area contributed by atoms with Crippen molar-refractivity contribution in [3.05, 3.63) is 52.2 Å². The van der Waals surface area contributed by atoms with Gasteiger partial charge in [-0.2, -0.15) is 5.10 Å².